The van der Waals surface area contributed by atoms with Gasteiger partial charge >= 0.3 is 0 Å². The summed E-state index contributed by atoms with van der Waals surface area (Å²) in [6.45, 7) is 0. The minimum Gasteiger partial charge on any atom is -0.496 e. The summed E-state index contributed by atoms with van der Waals surface area (Å²) in [7, 11) is 6.77. The Hall–Kier alpha value is -6.80. The number of methoxy groups -OCH3 is 4. The van der Waals surface area contributed by atoms with E-state index < -0.39 is 0 Å². The maximum absolute atomic E-state index is 5.94. The number of hydrogen-bond donors (Lipinski definition) is 2. The Labute approximate surface area is 341 Å². The van der Waals surface area contributed by atoms with E-state index in [2.05, 4.69) is 82.8 Å². The number of nitrogens with one attached hydrogen (secondary N) is 2. The summed E-state index contributed by atoms with van der Waals surface area (Å²) in [5, 5.41) is 0. The van der Waals surface area contributed by atoms with Gasteiger partial charge in [-0.2, -0.15) is 0 Å². The molecule has 7 aromatic rings. The molecule has 0 aliphatic carbocycles. The van der Waals surface area contributed by atoms with Gasteiger partial charge in [0.1, 0.15) is 23.0 Å². The molecular weight excluding hydrogens is 751 g/mol. The van der Waals surface area contributed by atoms with Gasteiger partial charge in [-0.15, -0.1) is 0 Å². The van der Waals surface area contributed by atoms with Crippen LogP contribution in [-0.2, 0) is 17.1 Å². The van der Waals surface area contributed by atoms with Crippen LogP contribution in [0.15, 0.2) is 121 Å². The molecule has 0 saturated carbocycles. The molecule has 9 rings (SSSR count). The topological polar surface area (TPSA) is 94.3 Å². The van der Waals surface area contributed by atoms with Crippen LogP contribution < -0.4 is 18.9 Å². The largest absolute Gasteiger partial charge is 0.496 e. The first-order chi connectivity index (χ1) is 27.6. The Balaban J connectivity index is 0.00000455. The minimum atomic E-state index is 0. The molecule has 2 aliphatic heterocycles. The molecule has 8 bridgehead atoms. The molecule has 9 heteroatoms. The molecular formula is C48H38MnN4O4. The zero-order chi connectivity index (χ0) is 38.2. The van der Waals surface area contributed by atoms with Crippen LogP contribution in [0, 0.1) is 0 Å². The van der Waals surface area contributed by atoms with Crippen molar-refractivity contribution in [2.45, 2.75) is 0 Å². The molecule has 0 amide bonds. The number of hydrogen-bond acceptors (Lipinski definition) is 6. The third kappa shape index (κ3) is 6.57. The molecule has 1 radical (unpaired) electrons. The van der Waals surface area contributed by atoms with E-state index >= 15 is 0 Å². The predicted octanol–water partition coefficient (Wildman–Crippen LogP) is 11.4. The smallest absolute Gasteiger partial charge is 0.126 e. The van der Waals surface area contributed by atoms with Crippen LogP contribution in [0.4, 0.5) is 0 Å². The van der Waals surface area contributed by atoms with E-state index in [1.165, 1.54) is 0 Å². The van der Waals surface area contributed by atoms with Crippen molar-refractivity contribution < 1.29 is 36.0 Å². The van der Waals surface area contributed by atoms with Crippen LogP contribution in [0.3, 0.4) is 0 Å². The van der Waals surface area contributed by atoms with E-state index in [9.17, 15) is 0 Å². The van der Waals surface area contributed by atoms with E-state index in [1.54, 1.807) is 28.4 Å². The fraction of sp³-hybridized carbons (Fsp3) is 0.0833. The van der Waals surface area contributed by atoms with Gasteiger partial charge in [0.2, 0.25) is 0 Å². The van der Waals surface area contributed by atoms with E-state index in [4.69, 9.17) is 28.9 Å². The van der Waals surface area contributed by atoms with Gasteiger partial charge < -0.3 is 28.9 Å². The van der Waals surface area contributed by atoms with Gasteiger partial charge in [0.05, 0.1) is 51.2 Å². The molecule has 2 N–H and O–H groups in total. The third-order valence-corrected chi connectivity index (χ3v) is 10.3. The quantitative estimate of drug-likeness (QED) is 0.149. The van der Waals surface area contributed by atoms with Crippen molar-refractivity contribution in [3.63, 3.8) is 0 Å². The summed E-state index contributed by atoms with van der Waals surface area (Å²) in [4.78, 5) is 18.4. The molecule has 0 unspecified atom stereocenters. The minimum absolute atomic E-state index is 0. The molecule has 2 aliphatic rings. The monoisotopic (exact) mass is 789 g/mol. The molecule has 0 fully saturated rings. The molecule has 281 valence electrons. The normalized spacial score (nSPS) is 11.6. The van der Waals surface area contributed by atoms with Crippen molar-refractivity contribution in [2.24, 2.45) is 0 Å². The van der Waals surface area contributed by atoms with Gasteiger partial charge in [0.15, 0.2) is 0 Å². The first-order valence-corrected chi connectivity index (χ1v) is 18.3. The Bertz CT molecular complexity index is 2510. The van der Waals surface area contributed by atoms with Crippen molar-refractivity contribution in [1.29, 1.82) is 0 Å². The summed E-state index contributed by atoms with van der Waals surface area (Å²) in [5.41, 5.74) is 13.7. The molecule has 5 heterocycles. The maximum Gasteiger partial charge on any atom is 0.126 e. The van der Waals surface area contributed by atoms with E-state index in [1.807, 2.05) is 72.8 Å². The number of benzene rings is 4. The second-order valence-electron chi connectivity index (χ2n) is 13.3. The number of fused-ring (bicyclic) bond motifs is 8. The number of rotatable bonds is 8. The standard InChI is InChI=1S/C48H38N4O4.Mn/c1-53-41-17-9-5-13-29(41)45-33-21-23-35(49-33)46(30-14-6-10-18-42(30)54-2)37-25-27-39(51-37)48(32-16-8-12-20-44(32)56-4)40-28-26-38(52-40)47(36-24-22-34(45)50-36)31-15-7-11-19-43(31)55-3;/h5-28,49,52H,1-4H3;. The Kier molecular flexibility index (Phi) is 10.3. The number of aromatic amines is 2. The van der Waals surface area contributed by atoms with Gasteiger partial charge in [-0.1, -0.05) is 72.8 Å². The SMILES string of the molecule is COc1ccccc1-c1c2nc(c(-c3ccccc3OC)c3ccc([nH]3)c(-c3ccccc3OC)c3nc(c(-c4ccccc4OC)c4ccc1[nH]4)C=C3)C=C2.[Mn]. The Morgan fingerprint density at radius 3 is 0.789 bits per heavy atom. The number of para-hydroxylation sites is 4. The second kappa shape index (κ2) is 15.7. The van der Waals surface area contributed by atoms with Crippen LogP contribution in [0.2, 0.25) is 0 Å². The summed E-state index contributed by atoms with van der Waals surface area (Å²) in [5.74, 6) is 2.93. The first kappa shape index (κ1) is 37.1. The summed E-state index contributed by atoms with van der Waals surface area (Å²) < 4.78 is 23.8. The van der Waals surface area contributed by atoms with Gasteiger partial charge in [0.25, 0.3) is 0 Å². The third-order valence-electron chi connectivity index (χ3n) is 10.3. The van der Waals surface area contributed by atoms with Crippen molar-refractivity contribution in [3.05, 3.63) is 144 Å². The zero-order valence-electron chi connectivity index (χ0n) is 31.8. The predicted molar refractivity (Wildman–Crippen MR) is 227 cm³/mol. The Morgan fingerprint density at radius 2 is 0.561 bits per heavy atom. The van der Waals surface area contributed by atoms with Crippen molar-refractivity contribution >= 4 is 46.4 Å². The average molecular weight is 790 g/mol. The molecule has 0 spiro atoms. The number of ether oxygens (including phenoxy) is 4. The van der Waals surface area contributed by atoms with E-state index in [-0.39, 0.29) is 17.1 Å². The molecule has 57 heavy (non-hydrogen) atoms. The van der Waals surface area contributed by atoms with Gasteiger partial charge in [-0.05, 0) is 72.8 Å². The van der Waals surface area contributed by atoms with Gasteiger partial charge in [0, 0.05) is 83.6 Å². The molecule has 3 aromatic heterocycles. The van der Waals surface area contributed by atoms with Gasteiger partial charge in [-0.3, -0.25) is 0 Å². The first-order valence-electron chi connectivity index (χ1n) is 18.3. The zero-order valence-corrected chi connectivity index (χ0v) is 32.9. The van der Waals surface area contributed by atoms with Crippen molar-refractivity contribution in [2.75, 3.05) is 28.4 Å². The van der Waals surface area contributed by atoms with Crippen molar-refractivity contribution in [3.8, 4) is 67.5 Å². The summed E-state index contributed by atoms with van der Waals surface area (Å²) in [6, 6.07) is 40.5. The van der Waals surface area contributed by atoms with Gasteiger partial charge in [-0.25, -0.2) is 9.97 Å². The molecule has 4 aromatic carbocycles. The average Bonchev–Trinajstić information content (AvgIpc) is 4.10. The molecule has 8 nitrogen and oxygen atoms in total. The number of nitrogens with zero attached hydrogens (tertiary/aromatic N) is 2. The van der Waals surface area contributed by atoms with Crippen LogP contribution in [-0.4, -0.2) is 48.4 Å². The van der Waals surface area contributed by atoms with Crippen LogP contribution in [0.5, 0.6) is 23.0 Å². The van der Waals surface area contributed by atoms with Crippen LogP contribution in [0.1, 0.15) is 22.8 Å². The fourth-order valence-corrected chi connectivity index (χ4v) is 7.74. The Morgan fingerprint density at radius 1 is 0.333 bits per heavy atom. The van der Waals surface area contributed by atoms with E-state index in [0.717, 1.165) is 112 Å². The fourth-order valence-electron chi connectivity index (χ4n) is 7.74. The maximum atomic E-state index is 5.94. The summed E-state index contributed by atoms with van der Waals surface area (Å²) >= 11 is 0. The molecule has 0 saturated heterocycles. The second-order valence-corrected chi connectivity index (χ2v) is 13.3. The number of H-pyrrole nitrogens is 2. The molecule has 0 atom stereocenters. The van der Waals surface area contributed by atoms with Crippen molar-refractivity contribution in [1.82, 2.24) is 19.9 Å². The van der Waals surface area contributed by atoms with Crippen LogP contribution >= 0.6 is 0 Å². The van der Waals surface area contributed by atoms with Crippen LogP contribution in [0.25, 0.3) is 90.9 Å². The van der Waals surface area contributed by atoms with E-state index in [0.29, 0.717) is 0 Å². The summed E-state index contributed by atoms with van der Waals surface area (Å²) in [6.07, 6.45) is 8.27. The number of aromatic nitrogens is 4.